The summed E-state index contributed by atoms with van der Waals surface area (Å²) in [4.78, 5) is 6.92. The van der Waals surface area contributed by atoms with Gasteiger partial charge in [0, 0.05) is 24.8 Å². The lowest BCUT2D eigenvalue weighted by atomic mass is 9.94. The van der Waals surface area contributed by atoms with Crippen molar-refractivity contribution in [3.8, 4) is 0 Å². The summed E-state index contributed by atoms with van der Waals surface area (Å²) in [5.41, 5.74) is 4.29. The van der Waals surface area contributed by atoms with Gasteiger partial charge in [0.15, 0.2) is 0 Å². The molecule has 3 unspecified atom stereocenters. The molecule has 1 aromatic carbocycles. The second-order valence-corrected chi connectivity index (χ2v) is 6.31. The lowest BCUT2D eigenvalue weighted by Crippen LogP contribution is -2.39. The minimum absolute atomic E-state index is 0.661. The Labute approximate surface area is 111 Å². The van der Waals surface area contributed by atoms with Crippen molar-refractivity contribution in [2.75, 3.05) is 25.0 Å². The van der Waals surface area contributed by atoms with Crippen LogP contribution in [0.25, 0.3) is 10.2 Å². The average molecular weight is 259 g/mol. The van der Waals surface area contributed by atoms with Gasteiger partial charge in [-0.2, -0.15) is 0 Å². The van der Waals surface area contributed by atoms with Crippen LogP contribution in [0.4, 0.5) is 5.69 Å². The van der Waals surface area contributed by atoms with Crippen molar-refractivity contribution < 1.29 is 0 Å². The molecule has 2 fully saturated rings. The lowest BCUT2D eigenvalue weighted by molar-refractivity contribution is 0.255. The van der Waals surface area contributed by atoms with E-state index in [2.05, 4.69) is 33.4 Å². The van der Waals surface area contributed by atoms with Gasteiger partial charge in [-0.15, -0.1) is 11.3 Å². The number of piperidine rings is 1. The summed E-state index contributed by atoms with van der Waals surface area (Å²) >= 11 is 1.72. The standard InChI is InChI=1S/C14H17N3S/c1-2-13-14(18-9-15-13)7-11(1)16-12-4-6-17-5-3-10(12)8-17/h1-2,7,9-10,12,16H,3-6,8H2. The zero-order valence-corrected chi connectivity index (χ0v) is 11.1. The highest BCUT2D eigenvalue weighted by atomic mass is 32.1. The Morgan fingerprint density at radius 3 is 3.22 bits per heavy atom. The second-order valence-electron chi connectivity index (χ2n) is 5.42. The number of fused-ring (bicyclic) bond motifs is 3. The molecule has 0 radical (unpaired) electrons. The fourth-order valence-corrected chi connectivity index (χ4v) is 4.02. The molecule has 2 saturated heterocycles. The zero-order valence-electron chi connectivity index (χ0n) is 10.3. The summed E-state index contributed by atoms with van der Waals surface area (Å²) < 4.78 is 1.28. The van der Waals surface area contributed by atoms with E-state index in [-0.39, 0.29) is 0 Å². The fourth-order valence-electron chi connectivity index (χ4n) is 3.30. The van der Waals surface area contributed by atoms with Crippen molar-refractivity contribution in [3.63, 3.8) is 0 Å². The quantitative estimate of drug-likeness (QED) is 0.899. The molecule has 4 heteroatoms. The smallest absolute Gasteiger partial charge is 0.0813 e. The fraction of sp³-hybridized carbons (Fsp3) is 0.500. The molecule has 2 aromatic rings. The molecule has 0 aliphatic carbocycles. The van der Waals surface area contributed by atoms with Crippen LogP contribution >= 0.6 is 11.3 Å². The number of aromatic nitrogens is 1. The van der Waals surface area contributed by atoms with E-state index in [1.807, 2.05) is 5.51 Å². The minimum atomic E-state index is 0.661. The van der Waals surface area contributed by atoms with Crippen molar-refractivity contribution in [2.45, 2.75) is 18.9 Å². The van der Waals surface area contributed by atoms with E-state index in [1.165, 1.54) is 42.9 Å². The third kappa shape index (κ3) is 1.80. The molecular weight excluding hydrogens is 242 g/mol. The van der Waals surface area contributed by atoms with E-state index < -0.39 is 0 Å². The van der Waals surface area contributed by atoms with Crippen molar-refractivity contribution in [1.29, 1.82) is 0 Å². The van der Waals surface area contributed by atoms with Crippen LogP contribution in [-0.4, -0.2) is 35.6 Å². The third-order valence-electron chi connectivity index (χ3n) is 4.32. The van der Waals surface area contributed by atoms with E-state index in [0.717, 1.165) is 11.4 Å². The van der Waals surface area contributed by atoms with Crippen LogP contribution < -0.4 is 5.32 Å². The van der Waals surface area contributed by atoms with Crippen molar-refractivity contribution in [3.05, 3.63) is 23.7 Å². The van der Waals surface area contributed by atoms with Crippen LogP contribution in [0.15, 0.2) is 23.7 Å². The van der Waals surface area contributed by atoms with Gasteiger partial charge >= 0.3 is 0 Å². The Morgan fingerprint density at radius 2 is 2.22 bits per heavy atom. The molecule has 1 N–H and O–H groups in total. The molecule has 1 aromatic heterocycles. The summed E-state index contributed by atoms with van der Waals surface area (Å²) in [6, 6.07) is 7.20. The van der Waals surface area contributed by atoms with E-state index in [4.69, 9.17) is 0 Å². The van der Waals surface area contributed by atoms with Gasteiger partial charge in [-0.05, 0) is 43.5 Å². The molecule has 3 atom stereocenters. The number of hydrogen-bond donors (Lipinski definition) is 1. The van der Waals surface area contributed by atoms with Gasteiger partial charge in [0.1, 0.15) is 0 Å². The zero-order chi connectivity index (χ0) is 11.9. The first-order valence-corrected chi connectivity index (χ1v) is 7.58. The molecule has 18 heavy (non-hydrogen) atoms. The van der Waals surface area contributed by atoms with Crippen LogP contribution in [-0.2, 0) is 0 Å². The predicted octanol–water partition coefficient (Wildman–Crippen LogP) is 2.80. The van der Waals surface area contributed by atoms with E-state index >= 15 is 0 Å². The second kappa shape index (κ2) is 4.21. The largest absolute Gasteiger partial charge is 0.382 e. The average Bonchev–Trinajstić information content (AvgIpc) is 3.00. The summed E-state index contributed by atoms with van der Waals surface area (Å²) in [5.74, 6) is 0.843. The van der Waals surface area contributed by atoms with Crippen LogP contribution in [0, 0.1) is 5.92 Å². The number of benzene rings is 1. The van der Waals surface area contributed by atoms with Crippen molar-refractivity contribution in [1.82, 2.24) is 9.88 Å². The van der Waals surface area contributed by atoms with E-state index in [0.29, 0.717) is 6.04 Å². The summed E-state index contributed by atoms with van der Waals surface area (Å²) in [6.45, 7) is 3.86. The molecule has 2 aliphatic rings. The number of nitrogens with zero attached hydrogens (tertiary/aromatic N) is 2. The maximum Gasteiger partial charge on any atom is 0.0813 e. The summed E-state index contributed by atoms with van der Waals surface area (Å²) in [6.07, 6.45) is 2.64. The normalized spacial score (nSPS) is 30.8. The SMILES string of the molecule is c1nc2ccc(NC3CCN4CCC3C4)cc2s1. The molecule has 3 heterocycles. The van der Waals surface area contributed by atoms with Crippen molar-refractivity contribution in [2.24, 2.45) is 5.92 Å². The van der Waals surface area contributed by atoms with Gasteiger partial charge in [0.05, 0.1) is 15.7 Å². The van der Waals surface area contributed by atoms with Gasteiger partial charge in [-0.3, -0.25) is 0 Å². The van der Waals surface area contributed by atoms with Gasteiger partial charge in [0.2, 0.25) is 0 Å². The molecule has 2 aliphatic heterocycles. The number of thiazole rings is 1. The van der Waals surface area contributed by atoms with E-state index in [1.54, 1.807) is 11.3 Å². The number of anilines is 1. The topological polar surface area (TPSA) is 28.2 Å². The Kier molecular flexibility index (Phi) is 2.52. The Balaban J connectivity index is 1.56. The maximum absolute atomic E-state index is 4.33. The van der Waals surface area contributed by atoms with E-state index in [9.17, 15) is 0 Å². The third-order valence-corrected chi connectivity index (χ3v) is 5.11. The number of hydrogen-bond acceptors (Lipinski definition) is 4. The minimum Gasteiger partial charge on any atom is -0.382 e. The Bertz CT molecular complexity index is 565. The Morgan fingerprint density at radius 1 is 1.28 bits per heavy atom. The highest BCUT2D eigenvalue weighted by Gasteiger charge is 2.33. The molecule has 0 amide bonds. The monoisotopic (exact) mass is 259 g/mol. The van der Waals surface area contributed by atoms with Crippen LogP contribution in [0.3, 0.4) is 0 Å². The van der Waals surface area contributed by atoms with Crippen LogP contribution in [0.5, 0.6) is 0 Å². The van der Waals surface area contributed by atoms with Gasteiger partial charge in [-0.1, -0.05) is 0 Å². The molecule has 3 nitrogen and oxygen atoms in total. The van der Waals surface area contributed by atoms with Gasteiger partial charge in [0.25, 0.3) is 0 Å². The van der Waals surface area contributed by atoms with Crippen LogP contribution in [0.2, 0.25) is 0 Å². The molecule has 0 saturated carbocycles. The molecule has 94 valence electrons. The lowest BCUT2D eigenvalue weighted by Gasteiger charge is -2.31. The predicted molar refractivity (Wildman–Crippen MR) is 76.2 cm³/mol. The highest BCUT2D eigenvalue weighted by Crippen LogP contribution is 2.30. The first-order chi connectivity index (χ1) is 8.88. The number of nitrogens with one attached hydrogen (secondary N) is 1. The number of rotatable bonds is 2. The highest BCUT2D eigenvalue weighted by molar-refractivity contribution is 7.16. The molecular formula is C14H17N3S. The maximum atomic E-state index is 4.33. The summed E-state index contributed by atoms with van der Waals surface area (Å²) in [5, 5.41) is 3.74. The Hall–Kier alpha value is -1.13. The first kappa shape index (κ1) is 10.8. The van der Waals surface area contributed by atoms with Gasteiger partial charge in [-0.25, -0.2) is 4.98 Å². The van der Waals surface area contributed by atoms with Crippen LogP contribution in [0.1, 0.15) is 12.8 Å². The summed E-state index contributed by atoms with van der Waals surface area (Å²) in [7, 11) is 0. The molecule has 0 spiro atoms. The van der Waals surface area contributed by atoms with Crippen molar-refractivity contribution >= 4 is 27.2 Å². The molecule has 4 rings (SSSR count). The first-order valence-electron chi connectivity index (χ1n) is 6.71. The van der Waals surface area contributed by atoms with Gasteiger partial charge < -0.3 is 10.2 Å². The molecule has 2 bridgehead atoms.